The van der Waals surface area contributed by atoms with Crippen molar-refractivity contribution in [2.75, 3.05) is 38.2 Å². The molecule has 1 heterocycles. The van der Waals surface area contributed by atoms with E-state index < -0.39 is 0 Å². The van der Waals surface area contributed by atoms with Crippen molar-refractivity contribution < 1.29 is 9.84 Å². The van der Waals surface area contributed by atoms with Crippen LogP contribution in [0, 0.1) is 0 Å². The zero-order chi connectivity index (χ0) is 16.2. The first-order valence-corrected chi connectivity index (χ1v) is 8.05. The van der Waals surface area contributed by atoms with E-state index in [1.54, 1.807) is 19.2 Å². The Bertz CT molecular complexity index is 680. The van der Waals surface area contributed by atoms with E-state index in [-0.39, 0.29) is 5.75 Å². The summed E-state index contributed by atoms with van der Waals surface area (Å²) in [6, 6.07) is 15.3. The summed E-state index contributed by atoms with van der Waals surface area (Å²) in [5.74, 6) is 1.12. The fraction of sp³-hybridized carbons (Fsp3) is 0.278. The van der Waals surface area contributed by atoms with Gasteiger partial charge in [-0.05, 0) is 36.4 Å². The number of nitrogens with zero attached hydrogens (tertiary/aromatic N) is 2. The van der Waals surface area contributed by atoms with Gasteiger partial charge in [-0.3, -0.25) is 0 Å². The summed E-state index contributed by atoms with van der Waals surface area (Å²) in [7, 11) is 1.68. The number of phenolic OH excluding ortho intramolecular Hbond substituents is 1. The quantitative estimate of drug-likeness (QED) is 0.877. The van der Waals surface area contributed by atoms with Gasteiger partial charge >= 0.3 is 0 Å². The highest BCUT2D eigenvalue weighted by Crippen LogP contribution is 2.21. The van der Waals surface area contributed by atoms with Gasteiger partial charge in [-0.25, -0.2) is 0 Å². The molecule has 0 unspecified atom stereocenters. The van der Waals surface area contributed by atoms with Gasteiger partial charge in [-0.15, -0.1) is 0 Å². The second-order valence-corrected chi connectivity index (χ2v) is 5.91. The molecule has 1 N–H and O–H groups in total. The first kappa shape index (κ1) is 15.6. The molecule has 2 aromatic rings. The molecule has 0 spiro atoms. The molecule has 0 radical (unpaired) electrons. The van der Waals surface area contributed by atoms with E-state index in [4.69, 9.17) is 17.0 Å². The van der Waals surface area contributed by atoms with Crippen LogP contribution < -0.4 is 9.64 Å². The van der Waals surface area contributed by atoms with E-state index in [1.165, 1.54) is 5.69 Å². The van der Waals surface area contributed by atoms with Crippen LogP contribution in [0.3, 0.4) is 0 Å². The van der Waals surface area contributed by atoms with Crippen molar-refractivity contribution >= 4 is 22.9 Å². The molecule has 0 bridgehead atoms. The summed E-state index contributed by atoms with van der Waals surface area (Å²) in [6.45, 7) is 3.59. The zero-order valence-electron chi connectivity index (χ0n) is 13.1. The van der Waals surface area contributed by atoms with E-state index >= 15 is 0 Å². The van der Waals surface area contributed by atoms with Crippen molar-refractivity contribution in [3.05, 3.63) is 54.1 Å². The summed E-state index contributed by atoms with van der Waals surface area (Å²) < 4.78 is 5.20. The van der Waals surface area contributed by atoms with Crippen LogP contribution in [0.25, 0.3) is 0 Å². The van der Waals surface area contributed by atoms with Crippen LogP contribution in [0.4, 0.5) is 5.69 Å². The van der Waals surface area contributed by atoms with Crippen molar-refractivity contribution in [2.45, 2.75) is 0 Å². The number of hydrogen-bond acceptors (Lipinski definition) is 4. The molecule has 1 fully saturated rings. The molecule has 120 valence electrons. The Labute approximate surface area is 141 Å². The molecule has 0 saturated carbocycles. The second-order valence-electron chi connectivity index (χ2n) is 5.53. The summed E-state index contributed by atoms with van der Waals surface area (Å²) in [5.41, 5.74) is 2.10. The number of benzene rings is 2. The van der Waals surface area contributed by atoms with Gasteiger partial charge in [0.1, 0.15) is 16.5 Å². The van der Waals surface area contributed by atoms with Crippen molar-refractivity contribution in [3.63, 3.8) is 0 Å². The highest BCUT2D eigenvalue weighted by molar-refractivity contribution is 7.80. The normalized spacial score (nSPS) is 14.7. The van der Waals surface area contributed by atoms with Gasteiger partial charge in [0.05, 0.1) is 7.11 Å². The lowest BCUT2D eigenvalue weighted by Gasteiger charge is -2.37. The number of aromatic hydroxyl groups is 1. The third-order valence-electron chi connectivity index (χ3n) is 4.10. The van der Waals surface area contributed by atoms with Crippen LogP contribution in [0.15, 0.2) is 48.5 Å². The summed E-state index contributed by atoms with van der Waals surface area (Å²) in [4.78, 5) is 5.35. The van der Waals surface area contributed by atoms with Gasteiger partial charge in [-0.1, -0.05) is 24.4 Å². The fourth-order valence-corrected chi connectivity index (χ4v) is 3.09. The Hall–Kier alpha value is -2.27. The van der Waals surface area contributed by atoms with Gasteiger partial charge in [0.15, 0.2) is 0 Å². The third kappa shape index (κ3) is 3.56. The van der Waals surface area contributed by atoms with Crippen LogP contribution in [0.5, 0.6) is 11.5 Å². The number of hydrogen-bond donors (Lipinski definition) is 1. The molecule has 0 aliphatic carbocycles. The van der Waals surface area contributed by atoms with Gasteiger partial charge in [0.25, 0.3) is 0 Å². The highest BCUT2D eigenvalue weighted by Gasteiger charge is 2.20. The number of phenols is 1. The molecule has 0 aromatic heterocycles. The molecule has 1 saturated heterocycles. The maximum atomic E-state index is 9.60. The van der Waals surface area contributed by atoms with Gasteiger partial charge in [0.2, 0.25) is 0 Å². The number of methoxy groups -OCH3 is 1. The SMILES string of the molecule is COc1ccc(N2CCN(C(=S)c3cccc(O)c3)CC2)cc1. The van der Waals surface area contributed by atoms with Crippen LogP contribution in [0.2, 0.25) is 0 Å². The Morgan fingerprint density at radius 1 is 1.04 bits per heavy atom. The van der Waals surface area contributed by atoms with E-state index in [9.17, 15) is 5.11 Å². The standard InChI is InChI=1S/C18H20N2O2S/c1-22-17-7-5-15(6-8-17)19-9-11-20(12-10-19)18(23)14-3-2-4-16(21)13-14/h2-8,13,21H,9-12H2,1H3. The Kier molecular flexibility index (Phi) is 4.67. The first-order chi connectivity index (χ1) is 11.2. The van der Waals surface area contributed by atoms with Gasteiger partial charge in [0, 0.05) is 37.4 Å². The number of anilines is 1. The summed E-state index contributed by atoms with van der Waals surface area (Å²) in [5, 5.41) is 9.60. The Morgan fingerprint density at radius 2 is 1.74 bits per heavy atom. The third-order valence-corrected chi connectivity index (χ3v) is 4.59. The summed E-state index contributed by atoms with van der Waals surface area (Å²) >= 11 is 5.57. The first-order valence-electron chi connectivity index (χ1n) is 7.64. The molecule has 3 rings (SSSR count). The maximum absolute atomic E-state index is 9.60. The van der Waals surface area contributed by atoms with Crippen molar-refractivity contribution in [2.24, 2.45) is 0 Å². The van der Waals surface area contributed by atoms with Crippen molar-refractivity contribution in [1.29, 1.82) is 0 Å². The van der Waals surface area contributed by atoms with Crippen LogP contribution >= 0.6 is 12.2 Å². The number of piperazine rings is 1. The van der Waals surface area contributed by atoms with Gasteiger partial charge in [-0.2, -0.15) is 0 Å². The predicted octanol–water partition coefficient (Wildman–Crippen LogP) is 2.90. The molecule has 23 heavy (non-hydrogen) atoms. The molecular formula is C18H20N2O2S. The molecule has 2 aromatic carbocycles. The molecule has 0 atom stereocenters. The Balaban J connectivity index is 1.62. The number of ether oxygens (including phenoxy) is 1. The molecular weight excluding hydrogens is 308 g/mol. The average molecular weight is 328 g/mol. The minimum Gasteiger partial charge on any atom is -0.508 e. The van der Waals surface area contributed by atoms with Crippen LogP contribution in [0.1, 0.15) is 5.56 Å². The minimum atomic E-state index is 0.252. The molecule has 0 amide bonds. The van der Waals surface area contributed by atoms with E-state index in [1.807, 2.05) is 24.3 Å². The Morgan fingerprint density at radius 3 is 2.35 bits per heavy atom. The highest BCUT2D eigenvalue weighted by atomic mass is 32.1. The van der Waals surface area contributed by atoms with E-state index in [0.29, 0.717) is 0 Å². The smallest absolute Gasteiger partial charge is 0.119 e. The lowest BCUT2D eigenvalue weighted by atomic mass is 10.1. The van der Waals surface area contributed by atoms with Crippen LogP contribution in [-0.4, -0.2) is 48.3 Å². The fourth-order valence-electron chi connectivity index (χ4n) is 2.78. The average Bonchev–Trinajstić information content (AvgIpc) is 2.61. The topological polar surface area (TPSA) is 35.9 Å². The lowest BCUT2D eigenvalue weighted by molar-refractivity contribution is 0.391. The lowest BCUT2D eigenvalue weighted by Crippen LogP contribution is -2.48. The van der Waals surface area contributed by atoms with Crippen molar-refractivity contribution in [3.8, 4) is 11.5 Å². The molecule has 1 aliphatic heterocycles. The monoisotopic (exact) mass is 328 g/mol. The largest absolute Gasteiger partial charge is 0.508 e. The van der Waals surface area contributed by atoms with Gasteiger partial charge < -0.3 is 19.6 Å². The maximum Gasteiger partial charge on any atom is 0.119 e. The minimum absolute atomic E-state index is 0.252. The zero-order valence-corrected chi connectivity index (χ0v) is 13.9. The van der Waals surface area contributed by atoms with Crippen LogP contribution in [-0.2, 0) is 0 Å². The molecule has 5 heteroatoms. The molecule has 4 nitrogen and oxygen atoms in total. The predicted molar refractivity (Wildman–Crippen MR) is 96.6 cm³/mol. The van der Waals surface area contributed by atoms with E-state index in [2.05, 4.69) is 21.9 Å². The number of rotatable bonds is 3. The number of thiocarbonyl (C=S) groups is 1. The second kappa shape index (κ2) is 6.87. The summed E-state index contributed by atoms with van der Waals surface area (Å²) in [6.07, 6.45) is 0. The molecule has 1 aliphatic rings. The van der Waals surface area contributed by atoms with E-state index in [0.717, 1.165) is 42.5 Å². The van der Waals surface area contributed by atoms with Crippen molar-refractivity contribution in [1.82, 2.24) is 4.90 Å².